The molecule has 1 heterocycles. The van der Waals surface area contributed by atoms with Gasteiger partial charge in [-0.2, -0.15) is 0 Å². The van der Waals surface area contributed by atoms with Crippen molar-refractivity contribution < 1.29 is 4.79 Å². The molecule has 0 bridgehead atoms. The minimum absolute atomic E-state index is 0.0369. The predicted molar refractivity (Wildman–Crippen MR) is 82.7 cm³/mol. The maximum Gasteiger partial charge on any atom is 0.265 e. The first kappa shape index (κ1) is 13.9. The van der Waals surface area contributed by atoms with Crippen molar-refractivity contribution in [3.05, 3.63) is 29.1 Å². The highest BCUT2D eigenvalue weighted by Gasteiger charge is 2.19. The molecule has 1 amide bonds. The third-order valence-electron chi connectivity index (χ3n) is 3.27. The number of anilines is 1. The fourth-order valence-corrected chi connectivity index (χ4v) is 3.22. The van der Waals surface area contributed by atoms with Crippen molar-refractivity contribution in [3.63, 3.8) is 0 Å². The monoisotopic (exact) mass is 276 g/mol. The lowest BCUT2D eigenvalue weighted by atomic mass is 10.2. The second-order valence-corrected chi connectivity index (χ2v) is 5.83. The van der Waals surface area contributed by atoms with E-state index >= 15 is 0 Å². The largest absolute Gasteiger partial charge is 0.397 e. The van der Waals surface area contributed by atoms with Crippen LogP contribution in [0, 0.1) is 0 Å². The number of unbranched alkanes of at least 4 members (excludes halogenated alkanes) is 2. The van der Waals surface area contributed by atoms with Crippen LogP contribution in [0.5, 0.6) is 0 Å². The average molecular weight is 276 g/mol. The van der Waals surface area contributed by atoms with E-state index < -0.39 is 0 Å². The van der Waals surface area contributed by atoms with Crippen molar-refractivity contribution in [1.82, 2.24) is 4.90 Å². The van der Waals surface area contributed by atoms with Crippen molar-refractivity contribution in [3.8, 4) is 0 Å². The Morgan fingerprint density at radius 3 is 2.74 bits per heavy atom. The summed E-state index contributed by atoms with van der Waals surface area (Å²) in [5.74, 6) is 0.0369. The molecule has 19 heavy (non-hydrogen) atoms. The molecule has 2 aromatic rings. The number of nitrogens with zero attached hydrogens (tertiary/aromatic N) is 1. The molecule has 0 saturated carbocycles. The summed E-state index contributed by atoms with van der Waals surface area (Å²) in [4.78, 5) is 14.8. The van der Waals surface area contributed by atoms with Crippen molar-refractivity contribution in [1.29, 1.82) is 0 Å². The van der Waals surface area contributed by atoms with E-state index in [1.54, 1.807) is 4.90 Å². The van der Waals surface area contributed by atoms with Crippen molar-refractivity contribution in [2.75, 3.05) is 19.3 Å². The Bertz CT molecular complexity index is 577. The molecule has 4 heteroatoms. The summed E-state index contributed by atoms with van der Waals surface area (Å²) < 4.78 is 1.07. The van der Waals surface area contributed by atoms with Crippen LogP contribution in [0.3, 0.4) is 0 Å². The van der Waals surface area contributed by atoms with E-state index in [1.165, 1.54) is 11.3 Å². The number of nitrogens with two attached hydrogens (primary N) is 1. The number of rotatable bonds is 5. The van der Waals surface area contributed by atoms with Gasteiger partial charge in [-0.1, -0.05) is 38.0 Å². The average Bonchev–Trinajstić information content (AvgIpc) is 2.76. The summed E-state index contributed by atoms with van der Waals surface area (Å²) in [6.07, 6.45) is 3.36. The second-order valence-electron chi connectivity index (χ2n) is 4.77. The lowest BCUT2D eigenvalue weighted by molar-refractivity contribution is 0.0798. The molecule has 0 atom stereocenters. The van der Waals surface area contributed by atoms with Gasteiger partial charge in [0.1, 0.15) is 4.88 Å². The zero-order valence-electron chi connectivity index (χ0n) is 11.5. The molecule has 0 aliphatic heterocycles. The van der Waals surface area contributed by atoms with Crippen LogP contribution in [-0.2, 0) is 0 Å². The summed E-state index contributed by atoms with van der Waals surface area (Å²) >= 11 is 1.48. The van der Waals surface area contributed by atoms with Crippen LogP contribution in [-0.4, -0.2) is 24.4 Å². The highest BCUT2D eigenvalue weighted by atomic mass is 32.1. The first-order chi connectivity index (χ1) is 9.15. The van der Waals surface area contributed by atoms with Gasteiger partial charge in [0.05, 0.1) is 5.69 Å². The summed E-state index contributed by atoms with van der Waals surface area (Å²) in [5, 5.41) is 0.984. The molecule has 3 nitrogen and oxygen atoms in total. The number of carbonyl (C=O) groups excluding carboxylic acids is 1. The molecule has 1 aromatic heterocycles. The smallest absolute Gasteiger partial charge is 0.265 e. The van der Waals surface area contributed by atoms with E-state index in [2.05, 4.69) is 6.92 Å². The normalized spacial score (nSPS) is 10.8. The number of benzene rings is 1. The van der Waals surface area contributed by atoms with Crippen LogP contribution in [0.25, 0.3) is 10.1 Å². The number of hydrogen-bond acceptors (Lipinski definition) is 3. The van der Waals surface area contributed by atoms with Gasteiger partial charge in [0.2, 0.25) is 0 Å². The molecule has 0 unspecified atom stereocenters. The first-order valence-electron chi connectivity index (χ1n) is 6.67. The fraction of sp³-hybridized carbons (Fsp3) is 0.400. The summed E-state index contributed by atoms with van der Waals surface area (Å²) in [6, 6.07) is 7.89. The van der Waals surface area contributed by atoms with Gasteiger partial charge in [0.15, 0.2) is 0 Å². The van der Waals surface area contributed by atoms with Gasteiger partial charge in [0.25, 0.3) is 5.91 Å². The molecule has 102 valence electrons. The lowest BCUT2D eigenvalue weighted by Crippen LogP contribution is -2.27. The summed E-state index contributed by atoms with van der Waals surface area (Å²) in [5.41, 5.74) is 6.71. The van der Waals surface area contributed by atoms with Crippen molar-refractivity contribution in [2.45, 2.75) is 26.2 Å². The maximum atomic E-state index is 12.4. The van der Waals surface area contributed by atoms with E-state index in [0.717, 1.165) is 35.9 Å². The van der Waals surface area contributed by atoms with Crippen LogP contribution in [0.1, 0.15) is 35.9 Å². The molecule has 0 spiro atoms. The quantitative estimate of drug-likeness (QED) is 0.845. The molecular weight excluding hydrogens is 256 g/mol. The Kier molecular flexibility index (Phi) is 4.43. The Morgan fingerprint density at radius 2 is 2.05 bits per heavy atom. The third kappa shape index (κ3) is 2.89. The van der Waals surface area contributed by atoms with Gasteiger partial charge in [0, 0.05) is 23.7 Å². The molecule has 0 aliphatic carbocycles. The maximum absolute atomic E-state index is 12.4. The molecule has 0 fully saturated rings. The number of carbonyl (C=O) groups is 1. The van der Waals surface area contributed by atoms with Crippen LogP contribution in [0.2, 0.25) is 0 Å². The SMILES string of the molecule is CCCCCN(C)C(=O)c1sc2ccccc2c1N. The number of fused-ring (bicyclic) bond motifs is 1. The van der Waals surface area contributed by atoms with Crippen LogP contribution in [0.15, 0.2) is 24.3 Å². The van der Waals surface area contributed by atoms with E-state index in [9.17, 15) is 4.79 Å². The number of thiophene rings is 1. The van der Waals surface area contributed by atoms with Crippen molar-refractivity contribution in [2.24, 2.45) is 0 Å². The van der Waals surface area contributed by atoms with E-state index in [1.807, 2.05) is 31.3 Å². The Labute approximate surface area is 118 Å². The van der Waals surface area contributed by atoms with Gasteiger partial charge in [-0.3, -0.25) is 4.79 Å². The number of amides is 1. The Balaban J connectivity index is 2.19. The molecule has 2 N–H and O–H groups in total. The molecule has 1 aromatic carbocycles. The van der Waals surface area contributed by atoms with Crippen LogP contribution >= 0.6 is 11.3 Å². The molecule has 0 saturated heterocycles. The van der Waals surface area contributed by atoms with Crippen LogP contribution in [0.4, 0.5) is 5.69 Å². The fourth-order valence-electron chi connectivity index (χ4n) is 2.10. The Hall–Kier alpha value is -1.55. The van der Waals surface area contributed by atoms with Gasteiger partial charge in [-0.05, 0) is 12.5 Å². The number of nitrogen functional groups attached to an aromatic ring is 1. The second kappa shape index (κ2) is 6.06. The van der Waals surface area contributed by atoms with Gasteiger partial charge >= 0.3 is 0 Å². The van der Waals surface area contributed by atoms with E-state index in [0.29, 0.717) is 10.6 Å². The summed E-state index contributed by atoms with van der Waals surface area (Å²) in [6.45, 7) is 2.95. The minimum Gasteiger partial charge on any atom is -0.397 e. The standard InChI is InChI=1S/C15H20N2OS/c1-3-4-7-10-17(2)15(18)14-13(16)11-8-5-6-9-12(11)19-14/h5-6,8-9H,3-4,7,10,16H2,1-2H3. The number of hydrogen-bond donors (Lipinski definition) is 1. The van der Waals surface area contributed by atoms with Crippen LogP contribution < -0.4 is 5.73 Å². The lowest BCUT2D eigenvalue weighted by Gasteiger charge is -2.16. The minimum atomic E-state index is 0.0369. The van der Waals surface area contributed by atoms with Gasteiger partial charge in [-0.15, -0.1) is 11.3 Å². The molecular formula is C15H20N2OS. The highest BCUT2D eigenvalue weighted by Crippen LogP contribution is 2.34. The zero-order valence-corrected chi connectivity index (χ0v) is 12.3. The summed E-state index contributed by atoms with van der Waals surface area (Å²) in [7, 11) is 1.85. The van der Waals surface area contributed by atoms with Gasteiger partial charge < -0.3 is 10.6 Å². The topological polar surface area (TPSA) is 46.3 Å². The van der Waals surface area contributed by atoms with Gasteiger partial charge in [-0.25, -0.2) is 0 Å². The first-order valence-corrected chi connectivity index (χ1v) is 7.49. The third-order valence-corrected chi connectivity index (χ3v) is 4.45. The predicted octanol–water partition coefficient (Wildman–Crippen LogP) is 3.75. The Morgan fingerprint density at radius 1 is 1.32 bits per heavy atom. The zero-order chi connectivity index (χ0) is 13.8. The highest BCUT2D eigenvalue weighted by molar-refractivity contribution is 7.21. The van der Waals surface area contributed by atoms with Crippen molar-refractivity contribution >= 4 is 33.0 Å². The van der Waals surface area contributed by atoms with E-state index in [4.69, 9.17) is 5.73 Å². The molecule has 0 aliphatic rings. The molecule has 0 radical (unpaired) electrons. The molecule has 2 rings (SSSR count). The van der Waals surface area contributed by atoms with E-state index in [-0.39, 0.29) is 5.91 Å².